The van der Waals surface area contributed by atoms with Gasteiger partial charge in [0.25, 0.3) is 5.56 Å². The molecule has 130 valence electrons. The average Bonchev–Trinajstić information content (AvgIpc) is 2.80. The molecule has 1 saturated heterocycles. The maximum absolute atomic E-state index is 11.9. The summed E-state index contributed by atoms with van der Waals surface area (Å²) >= 11 is 3.19. The van der Waals surface area contributed by atoms with Gasteiger partial charge in [0, 0.05) is 23.5 Å². The molecule has 23 heavy (non-hydrogen) atoms. The van der Waals surface area contributed by atoms with E-state index >= 15 is 0 Å². The molecule has 0 amide bonds. The molecule has 0 unspecified atom stereocenters. The van der Waals surface area contributed by atoms with E-state index in [1.54, 1.807) is 0 Å². The molecule has 0 bridgehead atoms. The first-order chi connectivity index (χ1) is 10.7. The van der Waals surface area contributed by atoms with Crippen LogP contribution < -0.4 is 21.0 Å². The summed E-state index contributed by atoms with van der Waals surface area (Å²) in [6, 6.07) is 0. The zero-order chi connectivity index (χ0) is 17.2. The van der Waals surface area contributed by atoms with E-state index in [1.165, 1.54) is 6.20 Å². The van der Waals surface area contributed by atoms with Crippen LogP contribution in [0.25, 0.3) is 0 Å². The van der Waals surface area contributed by atoms with Crippen LogP contribution in [0.5, 0.6) is 0 Å². The van der Waals surface area contributed by atoms with Crippen molar-refractivity contribution in [3.63, 3.8) is 0 Å². The number of halogens is 1. The Morgan fingerprint density at radius 3 is 2.83 bits per heavy atom. The number of aromatic nitrogens is 2. The first kappa shape index (κ1) is 18.5. The Morgan fingerprint density at radius 1 is 1.52 bits per heavy atom. The Balaban J connectivity index is 2.17. The number of nitrogens with zero attached hydrogens (tertiary/aromatic N) is 1. The second-order valence-electron chi connectivity index (χ2n) is 4.94. The van der Waals surface area contributed by atoms with Gasteiger partial charge in [-0.3, -0.25) is 14.3 Å². The third kappa shape index (κ3) is 4.83. The second-order valence-corrected chi connectivity index (χ2v) is 6.88. The van der Waals surface area contributed by atoms with Crippen molar-refractivity contribution >= 4 is 23.8 Å². The largest absolute Gasteiger partial charge is 0.790 e. The van der Waals surface area contributed by atoms with Crippen molar-refractivity contribution < 1.29 is 28.7 Å². The molecular weight excluding hydrogens is 399 g/mol. The molecule has 12 heteroatoms. The van der Waals surface area contributed by atoms with Crippen LogP contribution in [0.4, 0.5) is 0 Å². The minimum Gasteiger partial charge on any atom is -0.790 e. The lowest BCUT2D eigenvalue weighted by Crippen LogP contribution is -2.34. The summed E-state index contributed by atoms with van der Waals surface area (Å²) in [5.41, 5.74) is -0.879. The van der Waals surface area contributed by atoms with Gasteiger partial charge in [0.2, 0.25) is 0 Å². The Bertz CT molecular complexity index is 713. The molecule has 2 N–H and O–H groups in total. The van der Waals surface area contributed by atoms with E-state index < -0.39 is 44.1 Å². The number of aromatic amines is 1. The molecule has 0 saturated carbocycles. The van der Waals surface area contributed by atoms with E-state index in [2.05, 4.69) is 25.4 Å². The normalized spacial score (nSPS) is 25.0. The molecule has 0 spiro atoms. The van der Waals surface area contributed by atoms with Crippen LogP contribution in [-0.2, 0) is 20.2 Å². The molecule has 10 nitrogen and oxygen atoms in total. The first-order valence-electron chi connectivity index (χ1n) is 6.61. The van der Waals surface area contributed by atoms with Crippen molar-refractivity contribution in [3.05, 3.63) is 32.6 Å². The molecule has 1 aromatic rings. The Labute approximate surface area is 138 Å². The molecule has 2 heterocycles. The highest BCUT2D eigenvalue weighted by Gasteiger charge is 2.36. The van der Waals surface area contributed by atoms with E-state index in [0.717, 1.165) is 4.57 Å². The number of hydrogen-bond acceptors (Lipinski definition) is 8. The molecule has 1 aromatic heterocycles. The van der Waals surface area contributed by atoms with Gasteiger partial charge in [-0.05, 0) is 6.42 Å². The Hall–Kier alpha value is -0.810. The minimum atomic E-state index is -5.18. The van der Waals surface area contributed by atoms with Crippen molar-refractivity contribution in [3.8, 4) is 0 Å². The SMILES string of the molecule is O=c1[nH]c(=O)n([C@H]2C[C@H](O)[C@@H](COP(=O)([O-])[O-])O2)cc1CCBr. The van der Waals surface area contributed by atoms with Crippen LogP contribution in [0.15, 0.2) is 15.8 Å². The molecule has 0 aliphatic carbocycles. The first-order valence-corrected chi connectivity index (χ1v) is 9.20. The molecule has 1 aliphatic heterocycles. The van der Waals surface area contributed by atoms with Gasteiger partial charge >= 0.3 is 5.69 Å². The lowest BCUT2D eigenvalue weighted by atomic mass is 10.2. The standard InChI is InChI=1S/C11H16BrN2O8P/c12-2-1-6-4-14(11(17)13-10(6)16)9-3-7(15)8(22-9)5-21-23(18,19)20/h4,7-9,15H,1-3,5H2,(H,13,16,17)(H2,18,19,20)/p-2/t7-,8+,9+/m0/s1. The number of aryl methyl sites for hydroxylation is 1. The van der Waals surface area contributed by atoms with Crippen LogP contribution in [-0.4, -0.2) is 38.8 Å². The predicted octanol–water partition coefficient (Wildman–Crippen LogP) is -2.03. The van der Waals surface area contributed by atoms with E-state index in [1.807, 2.05) is 0 Å². The van der Waals surface area contributed by atoms with Gasteiger partial charge < -0.3 is 28.7 Å². The van der Waals surface area contributed by atoms with Gasteiger partial charge in [0.05, 0.1) is 20.5 Å². The molecule has 1 aliphatic rings. The summed E-state index contributed by atoms with van der Waals surface area (Å²) in [5, 5.41) is 10.4. The second kappa shape index (κ2) is 7.39. The number of aliphatic hydroxyl groups is 1. The van der Waals surface area contributed by atoms with Crippen LogP contribution in [0.1, 0.15) is 18.2 Å². The molecule has 1 fully saturated rings. The monoisotopic (exact) mass is 412 g/mol. The number of aliphatic hydroxyl groups excluding tert-OH is 1. The number of rotatable bonds is 6. The van der Waals surface area contributed by atoms with Crippen molar-refractivity contribution in [2.24, 2.45) is 0 Å². The van der Waals surface area contributed by atoms with Crippen LogP contribution >= 0.6 is 23.8 Å². The Morgan fingerprint density at radius 2 is 2.22 bits per heavy atom. The number of phosphoric ester groups is 1. The van der Waals surface area contributed by atoms with Crippen molar-refractivity contribution in [2.45, 2.75) is 31.3 Å². The van der Waals surface area contributed by atoms with E-state index in [0.29, 0.717) is 17.3 Å². The smallest absolute Gasteiger partial charge is 0.330 e. The molecular formula is C11H14BrN2O8P-2. The third-order valence-corrected chi connectivity index (χ3v) is 4.18. The Kier molecular flexibility index (Phi) is 5.95. The average molecular weight is 413 g/mol. The molecule has 0 aromatic carbocycles. The topological polar surface area (TPSA) is 157 Å². The maximum atomic E-state index is 11.9. The summed E-state index contributed by atoms with van der Waals surface area (Å²) in [6.07, 6.45) is -1.41. The summed E-state index contributed by atoms with van der Waals surface area (Å²) in [4.78, 5) is 46.6. The highest BCUT2D eigenvalue weighted by atomic mass is 79.9. The summed E-state index contributed by atoms with van der Waals surface area (Å²) in [5.74, 6) is 0. The number of ether oxygens (including phenoxy) is 1. The summed E-state index contributed by atoms with van der Waals surface area (Å²) in [7, 11) is -5.18. The predicted molar refractivity (Wildman–Crippen MR) is 76.9 cm³/mol. The fourth-order valence-electron chi connectivity index (χ4n) is 2.22. The third-order valence-electron chi connectivity index (χ3n) is 3.32. The van der Waals surface area contributed by atoms with Crippen molar-refractivity contribution in [2.75, 3.05) is 11.9 Å². The summed E-state index contributed by atoms with van der Waals surface area (Å²) < 4.78 is 21.0. The van der Waals surface area contributed by atoms with Crippen molar-refractivity contribution in [1.29, 1.82) is 0 Å². The molecule has 0 radical (unpaired) electrons. The van der Waals surface area contributed by atoms with Gasteiger partial charge in [-0.1, -0.05) is 15.9 Å². The summed E-state index contributed by atoms with van der Waals surface area (Å²) in [6.45, 7) is -0.645. The van der Waals surface area contributed by atoms with Crippen LogP contribution in [0.2, 0.25) is 0 Å². The highest BCUT2D eigenvalue weighted by Crippen LogP contribution is 2.31. The van der Waals surface area contributed by atoms with Gasteiger partial charge in [0.15, 0.2) is 0 Å². The zero-order valence-corrected chi connectivity index (χ0v) is 14.2. The number of phosphoric acid groups is 1. The molecule has 2 rings (SSSR count). The van der Waals surface area contributed by atoms with Gasteiger partial charge in [0.1, 0.15) is 12.3 Å². The maximum Gasteiger partial charge on any atom is 0.330 e. The lowest BCUT2D eigenvalue weighted by molar-refractivity contribution is -0.343. The van der Waals surface area contributed by atoms with Crippen LogP contribution in [0.3, 0.4) is 0 Å². The quantitative estimate of drug-likeness (QED) is 0.399. The number of alkyl halides is 1. The number of hydrogen-bond donors (Lipinski definition) is 2. The van der Waals surface area contributed by atoms with Gasteiger partial charge in [-0.15, -0.1) is 0 Å². The van der Waals surface area contributed by atoms with E-state index in [9.17, 15) is 29.0 Å². The zero-order valence-electron chi connectivity index (χ0n) is 11.7. The van der Waals surface area contributed by atoms with Gasteiger partial charge in [-0.2, -0.15) is 0 Å². The lowest BCUT2D eigenvalue weighted by Gasteiger charge is -2.30. The number of nitrogens with one attached hydrogen (secondary N) is 1. The fourth-order valence-corrected chi connectivity index (χ4v) is 2.98. The molecule has 3 atom stereocenters. The van der Waals surface area contributed by atoms with Crippen LogP contribution in [0, 0.1) is 0 Å². The van der Waals surface area contributed by atoms with Crippen molar-refractivity contribution in [1.82, 2.24) is 9.55 Å². The fraction of sp³-hybridized carbons (Fsp3) is 0.636. The minimum absolute atomic E-state index is 0.0181. The highest BCUT2D eigenvalue weighted by molar-refractivity contribution is 9.09. The van der Waals surface area contributed by atoms with Gasteiger partial charge in [-0.25, -0.2) is 4.79 Å². The van der Waals surface area contributed by atoms with E-state index in [4.69, 9.17) is 4.74 Å². The number of H-pyrrole nitrogens is 1. The van der Waals surface area contributed by atoms with E-state index in [-0.39, 0.29) is 6.42 Å².